The SMILES string of the molecule is CN(CCN1CCCCC1)c1n[nH]c2nc(C3=C4C=C(F)C=CN4NC3)c(F)cc12. The van der Waals surface area contributed by atoms with E-state index in [1.807, 2.05) is 11.9 Å². The molecule has 2 N–H and O–H groups in total. The maximum Gasteiger partial charge on any atom is 0.159 e. The zero-order valence-electron chi connectivity index (χ0n) is 17.0. The average Bonchev–Trinajstić information content (AvgIpc) is 3.35. The van der Waals surface area contributed by atoms with Crippen molar-refractivity contribution in [1.82, 2.24) is 30.5 Å². The van der Waals surface area contributed by atoms with Gasteiger partial charge in [-0.3, -0.25) is 10.1 Å². The molecule has 1 saturated heterocycles. The molecule has 2 aromatic rings. The van der Waals surface area contributed by atoms with Gasteiger partial charge in [-0.25, -0.2) is 19.2 Å². The van der Waals surface area contributed by atoms with Crippen LogP contribution in [-0.4, -0.2) is 64.9 Å². The second kappa shape index (κ2) is 7.81. The van der Waals surface area contributed by atoms with Crippen molar-refractivity contribution in [1.29, 1.82) is 0 Å². The molecule has 2 aromatic heterocycles. The molecule has 0 amide bonds. The van der Waals surface area contributed by atoms with Crippen LogP contribution in [0.25, 0.3) is 16.6 Å². The third-order valence-electron chi connectivity index (χ3n) is 5.98. The number of fused-ring (bicyclic) bond motifs is 2. The summed E-state index contributed by atoms with van der Waals surface area (Å²) in [6.45, 7) is 4.42. The highest BCUT2D eigenvalue weighted by Gasteiger charge is 2.27. The highest BCUT2D eigenvalue weighted by atomic mass is 19.1. The van der Waals surface area contributed by atoms with Crippen molar-refractivity contribution in [2.45, 2.75) is 19.3 Å². The minimum Gasteiger partial charge on any atom is -0.356 e. The van der Waals surface area contributed by atoms with Crippen molar-refractivity contribution in [2.75, 3.05) is 44.7 Å². The summed E-state index contributed by atoms with van der Waals surface area (Å²) in [6, 6.07) is 1.48. The lowest BCUT2D eigenvalue weighted by molar-refractivity contribution is 0.234. The van der Waals surface area contributed by atoms with Gasteiger partial charge in [-0.15, -0.1) is 0 Å². The Morgan fingerprint density at radius 1 is 1.20 bits per heavy atom. The van der Waals surface area contributed by atoms with Crippen LogP contribution in [0.2, 0.25) is 0 Å². The highest BCUT2D eigenvalue weighted by molar-refractivity contribution is 5.89. The number of anilines is 1. The summed E-state index contributed by atoms with van der Waals surface area (Å²) >= 11 is 0. The Morgan fingerprint density at radius 3 is 2.87 bits per heavy atom. The minimum atomic E-state index is -0.441. The summed E-state index contributed by atoms with van der Waals surface area (Å²) in [4.78, 5) is 9.00. The number of hydrogen-bond donors (Lipinski definition) is 2. The maximum absolute atomic E-state index is 15.1. The van der Waals surface area contributed by atoms with Crippen molar-refractivity contribution in [3.8, 4) is 0 Å². The van der Waals surface area contributed by atoms with Crippen LogP contribution >= 0.6 is 0 Å². The van der Waals surface area contributed by atoms with Crippen molar-refractivity contribution in [3.63, 3.8) is 0 Å². The lowest BCUT2D eigenvalue weighted by Crippen LogP contribution is -2.36. The van der Waals surface area contributed by atoms with Gasteiger partial charge in [-0.1, -0.05) is 6.42 Å². The molecule has 9 heteroatoms. The van der Waals surface area contributed by atoms with Crippen LogP contribution in [-0.2, 0) is 0 Å². The van der Waals surface area contributed by atoms with E-state index < -0.39 is 5.82 Å². The molecular weight excluding hydrogens is 388 g/mol. The van der Waals surface area contributed by atoms with Crippen molar-refractivity contribution in [2.24, 2.45) is 0 Å². The molecule has 0 unspecified atom stereocenters. The normalized spacial score (nSPS) is 19.6. The molecule has 3 aliphatic rings. The Hall–Kier alpha value is -2.78. The van der Waals surface area contributed by atoms with Crippen LogP contribution in [0.3, 0.4) is 0 Å². The van der Waals surface area contributed by atoms with Crippen LogP contribution in [0.4, 0.5) is 14.6 Å². The summed E-state index contributed by atoms with van der Waals surface area (Å²) in [7, 11) is 1.97. The van der Waals surface area contributed by atoms with E-state index in [9.17, 15) is 4.39 Å². The van der Waals surface area contributed by atoms with E-state index in [4.69, 9.17) is 0 Å². The standard InChI is InChI=1S/C21H25F2N7/c1-28(9-10-29-6-3-2-4-7-29)21-15-12-17(23)19(25-20(15)26-27-21)16-13-24-30-8-5-14(22)11-18(16)30/h5,8,11-12,24H,2-4,6-7,9-10,13H2,1H3,(H,25,26,27). The molecule has 0 radical (unpaired) electrons. The number of aromatic nitrogens is 3. The largest absolute Gasteiger partial charge is 0.356 e. The number of piperidine rings is 1. The molecule has 0 bridgehead atoms. The van der Waals surface area contributed by atoms with Crippen LogP contribution in [0.5, 0.6) is 0 Å². The number of H-pyrrole nitrogens is 1. The molecule has 5 rings (SSSR count). The molecule has 3 aliphatic heterocycles. The van der Waals surface area contributed by atoms with E-state index in [-0.39, 0.29) is 11.5 Å². The Bertz CT molecular complexity index is 1050. The molecule has 5 heterocycles. The lowest BCUT2D eigenvalue weighted by Gasteiger charge is -2.28. The highest BCUT2D eigenvalue weighted by Crippen LogP contribution is 2.32. The number of rotatable bonds is 5. The van der Waals surface area contributed by atoms with Crippen LogP contribution in [0, 0.1) is 5.82 Å². The van der Waals surface area contributed by atoms with Crippen molar-refractivity contribution >= 4 is 22.4 Å². The predicted molar refractivity (Wildman–Crippen MR) is 113 cm³/mol. The van der Waals surface area contributed by atoms with Gasteiger partial charge in [0.05, 0.1) is 11.1 Å². The summed E-state index contributed by atoms with van der Waals surface area (Å²) in [5, 5.41) is 9.65. The van der Waals surface area contributed by atoms with Gasteiger partial charge in [0.2, 0.25) is 0 Å². The Labute approximate surface area is 173 Å². The van der Waals surface area contributed by atoms with Gasteiger partial charge in [0.1, 0.15) is 17.3 Å². The first-order valence-electron chi connectivity index (χ1n) is 10.4. The number of hydrogen-bond acceptors (Lipinski definition) is 6. The Morgan fingerprint density at radius 2 is 2.03 bits per heavy atom. The third kappa shape index (κ3) is 3.48. The van der Waals surface area contributed by atoms with E-state index in [0.717, 1.165) is 26.2 Å². The lowest BCUT2D eigenvalue weighted by atomic mass is 10.1. The number of halogens is 2. The van der Waals surface area contributed by atoms with E-state index in [2.05, 4.69) is 25.5 Å². The molecule has 0 aromatic carbocycles. The number of likely N-dealkylation sites (N-methyl/N-ethyl adjacent to an activating group) is 1. The number of aromatic amines is 1. The number of hydrazine groups is 1. The number of nitrogens with zero attached hydrogens (tertiary/aromatic N) is 5. The first kappa shape index (κ1) is 19.2. The predicted octanol–water partition coefficient (Wildman–Crippen LogP) is 2.93. The summed E-state index contributed by atoms with van der Waals surface area (Å²) in [6.07, 6.45) is 8.14. The monoisotopic (exact) mass is 413 g/mol. The molecule has 0 aliphatic carbocycles. The van der Waals surface area contributed by atoms with Crippen molar-refractivity contribution < 1.29 is 8.78 Å². The van der Waals surface area contributed by atoms with Gasteiger partial charge < -0.3 is 9.80 Å². The summed E-state index contributed by atoms with van der Waals surface area (Å²) < 4.78 is 28.8. The summed E-state index contributed by atoms with van der Waals surface area (Å²) in [5.41, 5.74) is 5.00. The van der Waals surface area contributed by atoms with Crippen molar-refractivity contribution in [3.05, 3.63) is 47.5 Å². The van der Waals surface area contributed by atoms with E-state index in [1.54, 1.807) is 11.2 Å². The fourth-order valence-electron chi connectivity index (χ4n) is 4.30. The van der Waals surface area contributed by atoms with E-state index in [0.29, 0.717) is 34.7 Å². The Balaban J connectivity index is 1.41. The fourth-order valence-corrected chi connectivity index (χ4v) is 4.30. The molecule has 0 saturated carbocycles. The molecular formula is C21H25F2N7. The summed E-state index contributed by atoms with van der Waals surface area (Å²) in [5.74, 6) is -0.123. The average molecular weight is 413 g/mol. The second-order valence-electron chi connectivity index (χ2n) is 8.00. The van der Waals surface area contributed by atoms with Gasteiger partial charge in [0, 0.05) is 38.5 Å². The molecule has 0 spiro atoms. The van der Waals surface area contributed by atoms with E-state index in [1.165, 1.54) is 37.5 Å². The van der Waals surface area contributed by atoms with Crippen LogP contribution < -0.4 is 10.3 Å². The molecule has 30 heavy (non-hydrogen) atoms. The number of allylic oxidation sites excluding steroid dienone is 3. The van der Waals surface area contributed by atoms with Gasteiger partial charge >= 0.3 is 0 Å². The zero-order valence-corrected chi connectivity index (χ0v) is 17.0. The zero-order chi connectivity index (χ0) is 20.7. The van der Waals surface area contributed by atoms with Crippen LogP contribution in [0.15, 0.2) is 35.9 Å². The van der Waals surface area contributed by atoms with E-state index >= 15 is 4.39 Å². The first-order chi connectivity index (χ1) is 14.6. The molecule has 158 valence electrons. The topological polar surface area (TPSA) is 63.3 Å². The number of pyridine rings is 1. The second-order valence-corrected chi connectivity index (χ2v) is 8.00. The van der Waals surface area contributed by atoms with Gasteiger partial charge in [0.15, 0.2) is 11.5 Å². The first-order valence-corrected chi connectivity index (χ1v) is 10.4. The quantitative estimate of drug-likeness (QED) is 0.786. The van der Waals surface area contributed by atoms with Crippen LogP contribution in [0.1, 0.15) is 25.0 Å². The maximum atomic E-state index is 15.1. The van der Waals surface area contributed by atoms with Gasteiger partial charge in [0.25, 0.3) is 0 Å². The number of nitrogens with one attached hydrogen (secondary N) is 2. The third-order valence-corrected chi connectivity index (χ3v) is 5.98. The minimum absolute atomic E-state index is 0.206. The molecule has 0 atom stereocenters. The molecule has 1 fully saturated rings. The number of likely N-dealkylation sites (tertiary alicyclic amines) is 1. The Kier molecular flexibility index (Phi) is 5.00. The van der Waals surface area contributed by atoms with Gasteiger partial charge in [-0.05, 0) is 44.1 Å². The fraction of sp³-hybridized carbons (Fsp3) is 0.429. The smallest absolute Gasteiger partial charge is 0.159 e. The van der Waals surface area contributed by atoms with Gasteiger partial charge in [-0.2, -0.15) is 5.10 Å². The molecule has 7 nitrogen and oxygen atoms in total.